The van der Waals surface area contributed by atoms with Crippen molar-refractivity contribution in [3.8, 4) is 0 Å². The molecule has 0 aliphatic heterocycles. The third kappa shape index (κ3) is 3.48. The summed E-state index contributed by atoms with van der Waals surface area (Å²) in [5.41, 5.74) is 0.710. The zero-order valence-corrected chi connectivity index (χ0v) is 12.1. The molecule has 2 rings (SSSR count). The van der Waals surface area contributed by atoms with E-state index < -0.39 is 12.8 Å². The molecule has 0 bridgehead atoms. The minimum atomic E-state index is -4.68. The van der Waals surface area contributed by atoms with Crippen molar-refractivity contribution in [3.63, 3.8) is 0 Å². The second-order valence-electron chi connectivity index (χ2n) is 3.69. The zero-order chi connectivity index (χ0) is 10.3. The molecule has 1 aliphatic carbocycles. The summed E-state index contributed by atoms with van der Waals surface area (Å²) < 4.78 is 36.9. The molecule has 0 unspecified atom stereocenters. The summed E-state index contributed by atoms with van der Waals surface area (Å²) in [5.74, 6) is -1.46. The van der Waals surface area contributed by atoms with Crippen molar-refractivity contribution in [3.05, 3.63) is 34.9 Å². The fraction of sp³-hybridized carbons (Fsp3) is 0.333. The first-order chi connectivity index (χ1) is 6.48. The van der Waals surface area contributed by atoms with Crippen LogP contribution in [0, 0.1) is 0 Å². The van der Waals surface area contributed by atoms with Crippen LogP contribution >= 0.6 is 11.6 Å². The maximum absolute atomic E-state index is 12.3. The Morgan fingerprint density at radius 3 is 2.40 bits per heavy atom. The Labute approximate surface area is 134 Å². The van der Waals surface area contributed by atoms with Crippen molar-refractivity contribution in [2.24, 2.45) is 0 Å². The predicted molar refractivity (Wildman–Crippen MR) is 51.6 cm³/mol. The molecule has 1 aromatic rings. The van der Waals surface area contributed by atoms with Crippen LogP contribution in [0.3, 0.4) is 0 Å². The molecular weight excluding hydrogens is 250 g/mol. The van der Waals surface area contributed by atoms with Crippen LogP contribution < -0.4 is 51.4 Å². The molecule has 0 saturated heterocycles. The monoisotopic (exact) mass is 258 g/mol. The van der Waals surface area contributed by atoms with E-state index in [2.05, 4.69) is 0 Å². The summed E-state index contributed by atoms with van der Waals surface area (Å²) in [4.78, 5) is 0. The molecule has 76 valence electrons. The fourth-order valence-electron chi connectivity index (χ4n) is 1.75. The first-order valence-electron chi connectivity index (χ1n) is 4.44. The molecule has 1 aromatic carbocycles. The van der Waals surface area contributed by atoms with Gasteiger partial charge in [0.1, 0.15) is 0 Å². The van der Waals surface area contributed by atoms with Crippen LogP contribution in [0.4, 0.5) is 12.9 Å². The molecule has 1 fully saturated rings. The summed E-state index contributed by atoms with van der Waals surface area (Å²) in [6.45, 7) is -4.68. The molecule has 0 nitrogen and oxygen atoms in total. The number of hydrogen-bond donors (Lipinski definition) is 0. The van der Waals surface area contributed by atoms with Crippen LogP contribution in [-0.4, -0.2) is 6.98 Å². The molecule has 2 atom stereocenters. The second kappa shape index (κ2) is 5.11. The number of benzene rings is 1. The van der Waals surface area contributed by atoms with E-state index >= 15 is 0 Å². The van der Waals surface area contributed by atoms with E-state index in [0.29, 0.717) is 10.6 Å². The Hall–Kier alpha value is 1.00. The van der Waals surface area contributed by atoms with E-state index in [9.17, 15) is 12.9 Å². The average Bonchev–Trinajstić information content (AvgIpc) is 2.81. The molecule has 0 heterocycles. The number of hydrogen-bond acceptors (Lipinski definition) is 0. The maximum atomic E-state index is 12.3. The molecule has 6 heteroatoms. The van der Waals surface area contributed by atoms with E-state index in [1.54, 1.807) is 24.3 Å². The second-order valence-corrected chi connectivity index (χ2v) is 4.12. The topological polar surface area (TPSA) is 0 Å². The largest absolute Gasteiger partial charge is 1.00 e. The van der Waals surface area contributed by atoms with Gasteiger partial charge >= 0.3 is 58.4 Å². The molecule has 0 amide bonds. The van der Waals surface area contributed by atoms with Gasteiger partial charge in [0.05, 0.1) is 0 Å². The van der Waals surface area contributed by atoms with Crippen molar-refractivity contribution in [2.75, 3.05) is 0 Å². The van der Waals surface area contributed by atoms with E-state index in [-0.39, 0.29) is 63.7 Å². The van der Waals surface area contributed by atoms with Gasteiger partial charge < -0.3 is 12.9 Å². The van der Waals surface area contributed by atoms with E-state index in [4.69, 9.17) is 11.6 Å². The van der Waals surface area contributed by atoms with E-state index in [1.165, 1.54) is 0 Å². The van der Waals surface area contributed by atoms with Gasteiger partial charge in [-0.2, -0.15) is 0 Å². The van der Waals surface area contributed by atoms with Crippen LogP contribution in [0.2, 0.25) is 10.8 Å². The average molecular weight is 259 g/mol. The molecule has 1 aliphatic rings. The van der Waals surface area contributed by atoms with Crippen molar-refractivity contribution in [1.82, 2.24) is 0 Å². The van der Waals surface area contributed by atoms with Crippen LogP contribution in [0.25, 0.3) is 0 Å². The minimum absolute atomic E-state index is 0. The fourth-order valence-corrected chi connectivity index (χ4v) is 1.95. The van der Waals surface area contributed by atoms with Gasteiger partial charge in [-0.3, -0.25) is 0 Å². The van der Waals surface area contributed by atoms with Crippen molar-refractivity contribution in [1.29, 1.82) is 0 Å². The van der Waals surface area contributed by atoms with Crippen molar-refractivity contribution < 1.29 is 64.3 Å². The van der Waals surface area contributed by atoms with E-state index in [0.717, 1.165) is 0 Å². The molecule has 0 aromatic heterocycles. The number of rotatable bonds is 2. The standard InChI is InChI=1S/C9H8BClF3.K/c11-7-3-1-2-6(4-7)8-5-9(8)10(12,13)14;/h1-4,8-9H,5H2;/q-1;+1/t8-,9+;/m0./s1. The minimum Gasteiger partial charge on any atom is -0.449 e. The Bertz CT molecular complexity index is 355. The Morgan fingerprint density at radius 2 is 1.93 bits per heavy atom. The van der Waals surface area contributed by atoms with Gasteiger partial charge in [-0.1, -0.05) is 36.0 Å². The van der Waals surface area contributed by atoms with Gasteiger partial charge in [-0.15, -0.1) is 0 Å². The van der Waals surface area contributed by atoms with Crippen molar-refractivity contribution >= 4 is 18.6 Å². The third-order valence-electron chi connectivity index (χ3n) is 2.60. The normalized spacial score (nSPS) is 24.5. The van der Waals surface area contributed by atoms with Crippen LogP contribution in [0.15, 0.2) is 24.3 Å². The first-order valence-corrected chi connectivity index (χ1v) is 4.81. The zero-order valence-electron chi connectivity index (χ0n) is 8.26. The van der Waals surface area contributed by atoms with Crippen LogP contribution in [-0.2, 0) is 0 Å². The van der Waals surface area contributed by atoms with Crippen LogP contribution in [0.5, 0.6) is 0 Å². The van der Waals surface area contributed by atoms with Gasteiger partial charge in [0, 0.05) is 5.02 Å². The Morgan fingerprint density at radius 1 is 1.27 bits per heavy atom. The molecular formula is C9H8BClF3K. The maximum Gasteiger partial charge on any atom is 1.00 e. The van der Waals surface area contributed by atoms with Gasteiger partial charge in [0.2, 0.25) is 0 Å². The third-order valence-corrected chi connectivity index (χ3v) is 2.84. The molecule has 1 saturated carbocycles. The quantitative estimate of drug-likeness (QED) is 0.696. The summed E-state index contributed by atoms with van der Waals surface area (Å²) in [7, 11) is 0. The predicted octanol–water partition coefficient (Wildman–Crippen LogP) is 1.05. The molecule has 15 heavy (non-hydrogen) atoms. The van der Waals surface area contributed by atoms with Gasteiger partial charge in [0.15, 0.2) is 0 Å². The van der Waals surface area contributed by atoms with Crippen LogP contribution in [0.1, 0.15) is 17.9 Å². The van der Waals surface area contributed by atoms with Crippen molar-refractivity contribution in [2.45, 2.75) is 18.2 Å². The van der Waals surface area contributed by atoms with Gasteiger partial charge in [-0.05, 0) is 23.6 Å². The Kier molecular flexibility index (Phi) is 4.79. The van der Waals surface area contributed by atoms with E-state index in [1.807, 2.05) is 0 Å². The summed E-state index contributed by atoms with van der Waals surface area (Å²) in [5, 5.41) is 0.503. The summed E-state index contributed by atoms with van der Waals surface area (Å²) in [6.07, 6.45) is 0.226. The Balaban J connectivity index is 0.00000112. The van der Waals surface area contributed by atoms with Gasteiger partial charge in [0.25, 0.3) is 0 Å². The van der Waals surface area contributed by atoms with Gasteiger partial charge in [-0.25, -0.2) is 0 Å². The number of halogens is 4. The smallest absolute Gasteiger partial charge is 0.449 e. The first kappa shape index (κ1) is 14.1. The summed E-state index contributed by atoms with van der Waals surface area (Å²) >= 11 is 5.70. The SMILES string of the molecule is F[B-](F)(F)[C@@H]1C[C@H]1c1cccc(Cl)c1.[K+]. The molecule has 0 spiro atoms. The molecule has 0 N–H and O–H groups in total. The molecule has 0 radical (unpaired) electrons. The summed E-state index contributed by atoms with van der Waals surface area (Å²) in [6, 6.07) is 6.68.